The van der Waals surface area contributed by atoms with Crippen molar-refractivity contribution >= 4 is 18.3 Å². The first kappa shape index (κ1) is 14.5. The lowest BCUT2D eigenvalue weighted by Gasteiger charge is -2.16. The molecule has 0 N–H and O–H groups in total. The van der Waals surface area contributed by atoms with Gasteiger partial charge in [-0.25, -0.2) is 4.99 Å². The van der Waals surface area contributed by atoms with Gasteiger partial charge in [0.15, 0.2) is 5.69 Å². The number of hydrogen-bond acceptors (Lipinski definition) is 6. The van der Waals surface area contributed by atoms with Gasteiger partial charge in [0.1, 0.15) is 23.1 Å². The second-order valence-electron chi connectivity index (χ2n) is 5.25. The molecule has 0 amide bonds. The summed E-state index contributed by atoms with van der Waals surface area (Å²) < 4.78 is 5.52. The minimum absolute atomic E-state index is 0.223. The van der Waals surface area contributed by atoms with E-state index < -0.39 is 0 Å². The van der Waals surface area contributed by atoms with E-state index in [1.54, 1.807) is 12.1 Å². The largest absolute Gasteiger partial charge is 0.397 e. The van der Waals surface area contributed by atoms with E-state index in [1.807, 2.05) is 12.3 Å². The van der Waals surface area contributed by atoms with E-state index in [0.29, 0.717) is 11.8 Å². The molecule has 3 rings (SSSR count). The SMILES string of the molecule is CC(C)C1=CC2C=NC(SOc3ccc(C#N)nn3)=C2C=C1. The van der Waals surface area contributed by atoms with Crippen molar-refractivity contribution in [3.63, 3.8) is 0 Å². The summed E-state index contributed by atoms with van der Waals surface area (Å²) in [5, 5.41) is 17.1. The highest BCUT2D eigenvalue weighted by molar-refractivity contribution is 7.98. The Kier molecular flexibility index (Phi) is 4.07. The number of aromatic nitrogens is 2. The normalized spacial score (nSPS) is 19.2. The van der Waals surface area contributed by atoms with E-state index in [1.165, 1.54) is 5.57 Å². The fraction of sp³-hybridized carbons (Fsp3) is 0.250. The molecule has 2 heterocycles. The number of allylic oxidation sites excluding steroid dienone is 5. The van der Waals surface area contributed by atoms with Crippen LogP contribution in [0.3, 0.4) is 0 Å². The molecule has 0 radical (unpaired) electrons. The van der Waals surface area contributed by atoms with Gasteiger partial charge < -0.3 is 4.18 Å². The number of rotatable bonds is 4. The van der Waals surface area contributed by atoms with Crippen molar-refractivity contribution in [3.8, 4) is 11.9 Å². The summed E-state index contributed by atoms with van der Waals surface area (Å²) in [6.45, 7) is 4.36. The first-order chi connectivity index (χ1) is 10.7. The molecule has 0 saturated carbocycles. The van der Waals surface area contributed by atoms with Gasteiger partial charge in [0.25, 0.3) is 0 Å². The summed E-state index contributed by atoms with van der Waals surface area (Å²) in [5.74, 6) is 1.09. The van der Waals surface area contributed by atoms with E-state index in [-0.39, 0.29) is 11.6 Å². The van der Waals surface area contributed by atoms with Crippen molar-refractivity contribution in [1.82, 2.24) is 10.2 Å². The van der Waals surface area contributed by atoms with E-state index >= 15 is 0 Å². The highest BCUT2D eigenvalue weighted by atomic mass is 32.2. The van der Waals surface area contributed by atoms with E-state index in [0.717, 1.165) is 22.6 Å². The minimum atomic E-state index is 0.223. The summed E-state index contributed by atoms with van der Waals surface area (Å²) >= 11 is 1.16. The van der Waals surface area contributed by atoms with Crippen LogP contribution < -0.4 is 4.18 Å². The molecule has 0 aromatic carbocycles. The molecule has 22 heavy (non-hydrogen) atoms. The molecule has 5 nitrogen and oxygen atoms in total. The van der Waals surface area contributed by atoms with Crippen LogP contribution in [-0.2, 0) is 0 Å². The van der Waals surface area contributed by atoms with Gasteiger partial charge >= 0.3 is 0 Å². The third-order valence-electron chi connectivity index (χ3n) is 3.41. The lowest BCUT2D eigenvalue weighted by molar-refractivity contribution is 0.603. The molecule has 0 saturated heterocycles. The number of nitrogens with zero attached hydrogens (tertiary/aromatic N) is 4. The number of hydrogen-bond donors (Lipinski definition) is 0. The monoisotopic (exact) mass is 310 g/mol. The molecule has 0 bridgehead atoms. The van der Waals surface area contributed by atoms with Crippen molar-refractivity contribution in [1.29, 1.82) is 5.26 Å². The molecule has 1 aromatic rings. The zero-order valence-corrected chi connectivity index (χ0v) is 13.0. The molecule has 1 atom stereocenters. The molecule has 0 spiro atoms. The Morgan fingerprint density at radius 3 is 2.82 bits per heavy atom. The molecule has 1 unspecified atom stereocenters. The lowest BCUT2D eigenvalue weighted by atomic mass is 9.89. The van der Waals surface area contributed by atoms with Crippen LogP contribution in [0.5, 0.6) is 5.88 Å². The van der Waals surface area contributed by atoms with Crippen LogP contribution in [0.15, 0.2) is 51.5 Å². The summed E-state index contributed by atoms with van der Waals surface area (Å²) in [6, 6.07) is 5.10. The molecule has 1 aromatic heterocycles. The molecule has 110 valence electrons. The fourth-order valence-electron chi connectivity index (χ4n) is 2.17. The minimum Gasteiger partial charge on any atom is -0.397 e. The zero-order valence-electron chi connectivity index (χ0n) is 12.2. The maximum Gasteiger partial charge on any atom is 0.247 e. The first-order valence-electron chi connectivity index (χ1n) is 6.94. The van der Waals surface area contributed by atoms with Crippen molar-refractivity contribution in [2.45, 2.75) is 13.8 Å². The Morgan fingerprint density at radius 1 is 1.27 bits per heavy atom. The van der Waals surface area contributed by atoms with Crippen LogP contribution in [0.1, 0.15) is 19.5 Å². The lowest BCUT2D eigenvalue weighted by Crippen LogP contribution is -2.05. The molecule has 6 heteroatoms. The summed E-state index contributed by atoms with van der Waals surface area (Å²) in [4.78, 5) is 4.42. The van der Waals surface area contributed by atoms with Crippen LogP contribution in [0.2, 0.25) is 0 Å². The standard InChI is InChI=1S/C16H14N4OS/c1-10(2)11-3-5-14-12(7-11)9-18-16(14)22-21-15-6-4-13(8-17)19-20-15/h3-7,9-10,12H,1-2H3. The van der Waals surface area contributed by atoms with Gasteiger partial charge in [-0.05, 0) is 23.1 Å². The number of fused-ring (bicyclic) bond motifs is 1. The average molecular weight is 310 g/mol. The second-order valence-corrected chi connectivity index (χ2v) is 5.97. The predicted molar refractivity (Wildman–Crippen MR) is 86.0 cm³/mol. The first-order valence-corrected chi connectivity index (χ1v) is 7.68. The predicted octanol–water partition coefficient (Wildman–Crippen LogP) is 3.44. The Labute approximate surface area is 133 Å². The van der Waals surface area contributed by atoms with Crippen LogP contribution in [0.25, 0.3) is 0 Å². The second kappa shape index (κ2) is 6.16. The summed E-state index contributed by atoms with van der Waals surface area (Å²) in [5.41, 5.74) is 2.72. The van der Waals surface area contributed by atoms with Crippen LogP contribution in [0.4, 0.5) is 0 Å². The van der Waals surface area contributed by atoms with Crippen LogP contribution in [-0.4, -0.2) is 16.4 Å². The Balaban J connectivity index is 1.69. The van der Waals surface area contributed by atoms with Crippen LogP contribution in [0, 0.1) is 23.2 Å². The zero-order chi connectivity index (χ0) is 15.5. The Bertz CT molecular complexity index is 738. The Hall–Kier alpha value is -2.39. The maximum absolute atomic E-state index is 8.68. The van der Waals surface area contributed by atoms with Gasteiger partial charge in [-0.3, -0.25) is 0 Å². The molecular formula is C16H14N4OS. The highest BCUT2D eigenvalue weighted by Crippen LogP contribution is 2.36. The van der Waals surface area contributed by atoms with Gasteiger partial charge in [0.2, 0.25) is 5.88 Å². The molecule has 2 aliphatic rings. The van der Waals surface area contributed by atoms with Crippen molar-refractivity contribution in [2.24, 2.45) is 16.8 Å². The summed E-state index contributed by atoms with van der Waals surface area (Å²) in [6.07, 6.45) is 8.40. The van der Waals surface area contributed by atoms with Gasteiger partial charge in [0.05, 0.1) is 0 Å². The molecule has 1 aliphatic carbocycles. The summed E-state index contributed by atoms with van der Waals surface area (Å²) in [7, 11) is 0. The highest BCUT2D eigenvalue weighted by Gasteiger charge is 2.23. The molecular weight excluding hydrogens is 296 g/mol. The smallest absolute Gasteiger partial charge is 0.247 e. The molecule has 1 aliphatic heterocycles. The van der Waals surface area contributed by atoms with Crippen molar-refractivity contribution in [3.05, 3.63) is 52.2 Å². The third-order valence-corrected chi connectivity index (χ3v) is 4.17. The van der Waals surface area contributed by atoms with E-state index in [2.05, 4.69) is 47.3 Å². The van der Waals surface area contributed by atoms with E-state index in [4.69, 9.17) is 9.44 Å². The third kappa shape index (κ3) is 2.95. The van der Waals surface area contributed by atoms with Crippen molar-refractivity contribution in [2.75, 3.05) is 0 Å². The maximum atomic E-state index is 8.68. The average Bonchev–Trinajstić information content (AvgIpc) is 2.95. The number of aliphatic imine (C=N–C) groups is 1. The van der Waals surface area contributed by atoms with Gasteiger partial charge in [-0.1, -0.05) is 32.1 Å². The van der Waals surface area contributed by atoms with Crippen LogP contribution >= 0.6 is 12.0 Å². The molecule has 0 fully saturated rings. The topological polar surface area (TPSA) is 71.2 Å². The number of nitriles is 1. The van der Waals surface area contributed by atoms with Crippen molar-refractivity contribution < 1.29 is 4.18 Å². The van der Waals surface area contributed by atoms with E-state index in [9.17, 15) is 0 Å². The van der Waals surface area contributed by atoms with Gasteiger partial charge in [-0.2, -0.15) is 5.26 Å². The van der Waals surface area contributed by atoms with Gasteiger partial charge in [-0.15, -0.1) is 10.2 Å². The Morgan fingerprint density at radius 2 is 2.14 bits per heavy atom. The van der Waals surface area contributed by atoms with Gasteiger partial charge in [0, 0.05) is 18.2 Å². The quantitative estimate of drug-likeness (QED) is 0.797. The fourth-order valence-corrected chi connectivity index (χ4v) is 2.83.